The van der Waals surface area contributed by atoms with E-state index in [4.69, 9.17) is 4.74 Å². The fourth-order valence-corrected chi connectivity index (χ4v) is 2.87. The van der Waals surface area contributed by atoms with Crippen molar-refractivity contribution in [2.75, 3.05) is 50.8 Å². The number of piperazine rings is 1. The van der Waals surface area contributed by atoms with E-state index < -0.39 is 0 Å². The van der Waals surface area contributed by atoms with Crippen LogP contribution in [-0.4, -0.2) is 67.7 Å². The second-order valence-electron chi connectivity index (χ2n) is 5.74. The lowest BCUT2D eigenvalue weighted by atomic mass is 10.2. The summed E-state index contributed by atoms with van der Waals surface area (Å²) in [5.41, 5.74) is 2.44. The molecule has 0 saturated carbocycles. The first kappa shape index (κ1) is 14.7. The van der Waals surface area contributed by atoms with Gasteiger partial charge in [-0.2, -0.15) is 0 Å². The molecule has 0 unspecified atom stereocenters. The molecule has 2 heterocycles. The minimum Gasteiger partial charge on any atom is -0.448 e. The van der Waals surface area contributed by atoms with Gasteiger partial charge < -0.3 is 14.5 Å². The summed E-state index contributed by atoms with van der Waals surface area (Å²) in [6.45, 7) is 6.12. The van der Waals surface area contributed by atoms with Gasteiger partial charge in [0.25, 0.3) is 0 Å². The molecular formula is C16H21N3O3. The molecule has 22 heavy (non-hydrogen) atoms. The zero-order valence-electron chi connectivity index (χ0n) is 12.8. The van der Waals surface area contributed by atoms with Gasteiger partial charge >= 0.3 is 6.09 Å². The molecule has 2 fully saturated rings. The number of carbonyl (C=O) groups excluding carboxylic acids is 2. The van der Waals surface area contributed by atoms with Crippen LogP contribution in [0.25, 0.3) is 0 Å². The largest absolute Gasteiger partial charge is 0.448 e. The van der Waals surface area contributed by atoms with Crippen molar-refractivity contribution < 1.29 is 14.3 Å². The van der Waals surface area contributed by atoms with Gasteiger partial charge in [-0.1, -0.05) is 12.1 Å². The third kappa shape index (κ3) is 3.16. The number of ether oxygens (including phenoxy) is 1. The maximum atomic E-state index is 12.3. The van der Waals surface area contributed by atoms with Crippen LogP contribution in [0.3, 0.4) is 0 Å². The van der Waals surface area contributed by atoms with Gasteiger partial charge in [-0.15, -0.1) is 0 Å². The summed E-state index contributed by atoms with van der Waals surface area (Å²) >= 11 is 0. The van der Waals surface area contributed by atoms with Gasteiger partial charge in [0.2, 0.25) is 5.91 Å². The summed E-state index contributed by atoms with van der Waals surface area (Å²) in [4.78, 5) is 29.2. The molecule has 2 aliphatic rings. The molecule has 2 aliphatic heterocycles. The number of hydrogen-bond donors (Lipinski definition) is 0. The van der Waals surface area contributed by atoms with E-state index in [1.54, 1.807) is 0 Å². The summed E-state index contributed by atoms with van der Waals surface area (Å²) < 4.78 is 4.85. The Bertz CT molecular complexity index is 568. The Balaban J connectivity index is 1.53. The van der Waals surface area contributed by atoms with Crippen molar-refractivity contribution in [3.63, 3.8) is 0 Å². The summed E-state index contributed by atoms with van der Waals surface area (Å²) in [6, 6.07) is 8.40. The van der Waals surface area contributed by atoms with Crippen LogP contribution in [0.2, 0.25) is 0 Å². The van der Waals surface area contributed by atoms with Crippen molar-refractivity contribution in [3.8, 4) is 0 Å². The smallest absolute Gasteiger partial charge is 0.410 e. The number of amides is 2. The second-order valence-corrected chi connectivity index (χ2v) is 5.74. The van der Waals surface area contributed by atoms with E-state index in [0.29, 0.717) is 26.2 Å². The Morgan fingerprint density at radius 1 is 1.18 bits per heavy atom. The Kier molecular flexibility index (Phi) is 4.18. The summed E-state index contributed by atoms with van der Waals surface area (Å²) in [5.74, 6) is 0.00254. The summed E-state index contributed by atoms with van der Waals surface area (Å²) in [6.07, 6.45) is -0.383. The van der Waals surface area contributed by atoms with Crippen molar-refractivity contribution >= 4 is 17.7 Å². The van der Waals surface area contributed by atoms with Crippen LogP contribution in [0, 0.1) is 6.92 Å². The van der Waals surface area contributed by atoms with Crippen LogP contribution in [0.5, 0.6) is 0 Å². The van der Waals surface area contributed by atoms with Crippen LogP contribution in [-0.2, 0) is 9.53 Å². The predicted octanol–water partition coefficient (Wildman–Crippen LogP) is 1.10. The third-order valence-electron chi connectivity index (χ3n) is 4.17. The lowest BCUT2D eigenvalue weighted by molar-refractivity contribution is -0.132. The standard InChI is InChI=1S/C16H21N3O3/c1-13-3-2-4-14(11-13)17-5-7-18(8-6-17)15(20)12-19-9-10-22-16(19)21/h2-4,11H,5-10,12H2,1H3. The van der Waals surface area contributed by atoms with Crippen molar-refractivity contribution in [2.45, 2.75) is 6.92 Å². The Hall–Kier alpha value is -2.24. The van der Waals surface area contributed by atoms with Gasteiger partial charge in [0.05, 0.1) is 6.54 Å². The molecule has 0 N–H and O–H groups in total. The third-order valence-corrected chi connectivity index (χ3v) is 4.17. The quantitative estimate of drug-likeness (QED) is 0.839. The lowest BCUT2D eigenvalue weighted by Crippen LogP contribution is -2.51. The van der Waals surface area contributed by atoms with Crippen LogP contribution in [0.4, 0.5) is 10.5 Å². The molecule has 0 bridgehead atoms. The van der Waals surface area contributed by atoms with Crippen molar-refractivity contribution in [1.29, 1.82) is 0 Å². The second kappa shape index (κ2) is 6.25. The normalized spacial score (nSPS) is 18.6. The van der Waals surface area contributed by atoms with E-state index in [2.05, 4.69) is 36.1 Å². The fraction of sp³-hybridized carbons (Fsp3) is 0.500. The molecule has 6 nitrogen and oxygen atoms in total. The summed E-state index contributed by atoms with van der Waals surface area (Å²) in [7, 11) is 0. The van der Waals surface area contributed by atoms with Crippen LogP contribution in [0.1, 0.15) is 5.56 Å². The summed E-state index contributed by atoms with van der Waals surface area (Å²) in [5, 5.41) is 0. The van der Waals surface area contributed by atoms with Gasteiger partial charge in [-0.05, 0) is 24.6 Å². The maximum Gasteiger partial charge on any atom is 0.410 e. The average Bonchev–Trinajstić information content (AvgIpc) is 2.92. The average molecular weight is 303 g/mol. The van der Waals surface area contributed by atoms with Crippen molar-refractivity contribution in [3.05, 3.63) is 29.8 Å². The van der Waals surface area contributed by atoms with E-state index in [-0.39, 0.29) is 18.5 Å². The number of aryl methyl sites for hydroxylation is 1. The number of hydrogen-bond acceptors (Lipinski definition) is 4. The number of nitrogens with zero attached hydrogens (tertiary/aromatic N) is 3. The molecule has 1 aromatic carbocycles. The number of cyclic esters (lactones) is 1. The molecule has 0 aromatic heterocycles. The molecule has 2 amide bonds. The van der Waals surface area contributed by atoms with Crippen LogP contribution >= 0.6 is 0 Å². The number of anilines is 1. The van der Waals surface area contributed by atoms with Crippen LogP contribution in [0.15, 0.2) is 24.3 Å². The first-order valence-corrected chi connectivity index (χ1v) is 7.64. The first-order chi connectivity index (χ1) is 10.6. The van der Waals surface area contributed by atoms with E-state index in [1.807, 2.05) is 4.90 Å². The van der Waals surface area contributed by atoms with E-state index in [9.17, 15) is 9.59 Å². The van der Waals surface area contributed by atoms with Crippen molar-refractivity contribution in [1.82, 2.24) is 9.80 Å². The minimum absolute atomic E-state index is 0.00254. The minimum atomic E-state index is -0.383. The van der Waals surface area contributed by atoms with Gasteiger partial charge in [-0.3, -0.25) is 9.69 Å². The highest BCUT2D eigenvalue weighted by molar-refractivity contribution is 5.83. The SMILES string of the molecule is Cc1cccc(N2CCN(C(=O)CN3CCOC3=O)CC2)c1. The van der Waals surface area contributed by atoms with E-state index in [0.717, 1.165) is 13.1 Å². The number of carbonyl (C=O) groups is 2. The molecule has 0 spiro atoms. The highest BCUT2D eigenvalue weighted by Gasteiger charge is 2.28. The molecule has 0 aliphatic carbocycles. The highest BCUT2D eigenvalue weighted by Crippen LogP contribution is 2.18. The lowest BCUT2D eigenvalue weighted by Gasteiger charge is -2.36. The first-order valence-electron chi connectivity index (χ1n) is 7.64. The highest BCUT2D eigenvalue weighted by atomic mass is 16.6. The molecule has 1 aromatic rings. The Labute approximate surface area is 130 Å². The van der Waals surface area contributed by atoms with Gasteiger partial charge in [-0.25, -0.2) is 4.79 Å². The molecule has 6 heteroatoms. The molecule has 2 saturated heterocycles. The molecule has 118 valence electrons. The molecule has 0 atom stereocenters. The fourth-order valence-electron chi connectivity index (χ4n) is 2.87. The van der Waals surface area contributed by atoms with Crippen LogP contribution < -0.4 is 4.90 Å². The number of benzene rings is 1. The topological polar surface area (TPSA) is 53.1 Å². The molecule has 3 rings (SSSR count). The molecular weight excluding hydrogens is 282 g/mol. The van der Waals surface area contributed by atoms with Gasteiger partial charge in [0.15, 0.2) is 0 Å². The predicted molar refractivity (Wildman–Crippen MR) is 82.9 cm³/mol. The Morgan fingerprint density at radius 3 is 2.59 bits per heavy atom. The van der Waals surface area contributed by atoms with Crippen molar-refractivity contribution in [2.24, 2.45) is 0 Å². The zero-order valence-corrected chi connectivity index (χ0v) is 12.8. The monoisotopic (exact) mass is 303 g/mol. The van der Waals surface area contributed by atoms with E-state index >= 15 is 0 Å². The zero-order chi connectivity index (χ0) is 15.5. The van der Waals surface area contributed by atoms with Gasteiger partial charge in [0, 0.05) is 31.9 Å². The molecule has 0 radical (unpaired) electrons. The maximum absolute atomic E-state index is 12.3. The number of rotatable bonds is 3. The Morgan fingerprint density at radius 2 is 1.95 bits per heavy atom. The van der Waals surface area contributed by atoms with E-state index in [1.165, 1.54) is 16.2 Å². The van der Waals surface area contributed by atoms with Gasteiger partial charge in [0.1, 0.15) is 13.2 Å².